The molecule has 268 valence electrons. The van der Waals surface area contributed by atoms with Gasteiger partial charge in [-0.15, -0.1) is 0 Å². The van der Waals surface area contributed by atoms with E-state index in [1.807, 2.05) is 12.2 Å². The molecule has 1 saturated carbocycles. The summed E-state index contributed by atoms with van der Waals surface area (Å²) in [5.41, 5.74) is -1.38. The van der Waals surface area contributed by atoms with E-state index < -0.39 is 35.3 Å². The second kappa shape index (κ2) is 14.5. The van der Waals surface area contributed by atoms with Crippen molar-refractivity contribution in [1.82, 2.24) is 19.9 Å². The number of rotatable bonds is 9. The average molecular weight is 692 g/mol. The molecular formula is C33H44F3N7O6. The van der Waals surface area contributed by atoms with Gasteiger partial charge >= 0.3 is 18.2 Å². The highest BCUT2D eigenvalue weighted by Gasteiger charge is 2.40. The van der Waals surface area contributed by atoms with Crippen molar-refractivity contribution >= 4 is 40.9 Å². The number of carbonyl (C=O) groups excluding carboxylic acids is 3. The number of hydrogen-bond donors (Lipinski definition) is 3. The minimum absolute atomic E-state index is 0.0640. The number of anilines is 3. The van der Waals surface area contributed by atoms with Crippen molar-refractivity contribution in [3.8, 4) is 5.75 Å². The minimum Gasteiger partial charge on any atom is -0.494 e. The number of nitrogens with zero attached hydrogens (tertiary/aromatic N) is 4. The van der Waals surface area contributed by atoms with Crippen LogP contribution in [0.4, 0.5) is 35.3 Å². The highest BCUT2D eigenvalue weighted by atomic mass is 19.4. The molecule has 3 aromatic rings. The Morgan fingerprint density at radius 3 is 2.12 bits per heavy atom. The molecule has 2 heterocycles. The van der Waals surface area contributed by atoms with Crippen LogP contribution >= 0.6 is 0 Å². The Morgan fingerprint density at radius 2 is 1.57 bits per heavy atom. The number of halogens is 3. The van der Waals surface area contributed by atoms with E-state index in [0.717, 1.165) is 15.8 Å². The third kappa shape index (κ3) is 9.74. The number of benzene rings is 1. The van der Waals surface area contributed by atoms with Crippen molar-refractivity contribution in [3.63, 3.8) is 0 Å². The highest BCUT2D eigenvalue weighted by molar-refractivity contribution is 6.05. The Hall–Kier alpha value is -4.60. The van der Waals surface area contributed by atoms with E-state index in [9.17, 15) is 27.6 Å². The van der Waals surface area contributed by atoms with Gasteiger partial charge in [-0.05, 0) is 105 Å². The van der Waals surface area contributed by atoms with Crippen LogP contribution in [0.15, 0.2) is 30.5 Å². The first-order valence-electron chi connectivity index (χ1n) is 16.0. The van der Waals surface area contributed by atoms with Gasteiger partial charge in [0.25, 0.3) is 5.91 Å². The molecule has 3 N–H and O–H groups in total. The van der Waals surface area contributed by atoms with Crippen molar-refractivity contribution in [2.75, 3.05) is 22.3 Å². The smallest absolute Gasteiger partial charge is 0.471 e. The zero-order chi connectivity index (χ0) is 36.3. The zero-order valence-electron chi connectivity index (χ0n) is 28.9. The molecular weight excluding hydrogens is 647 g/mol. The first kappa shape index (κ1) is 37.2. The normalized spacial score (nSPS) is 17.0. The maximum Gasteiger partial charge on any atom is 0.471 e. The van der Waals surface area contributed by atoms with Crippen molar-refractivity contribution in [2.24, 2.45) is 0 Å². The fourth-order valence-corrected chi connectivity index (χ4v) is 5.20. The summed E-state index contributed by atoms with van der Waals surface area (Å²) < 4.78 is 51.8. The summed E-state index contributed by atoms with van der Waals surface area (Å²) in [6, 6.07) is 6.17. The monoisotopic (exact) mass is 691 g/mol. The number of amides is 3. The Balaban J connectivity index is 1.74. The number of alkyl carbamates (subject to hydrolysis) is 1. The molecule has 0 unspecified atom stereocenters. The van der Waals surface area contributed by atoms with Crippen molar-refractivity contribution in [3.05, 3.63) is 41.6 Å². The SMILES string of the molecule is CCOc1ccc(C(=O)N(OC(C)(C)C)c2c(C)c(NC3CCC(NC(=O)OC(C)(C)C)CC3)nc3c(NC(=O)C(F)(F)F)cnn23)cc1. The predicted octanol–water partition coefficient (Wildman–Crippen LogP) is 6.56. The van der Waals surface area contributed by atoms with Crippen LogP contribution in [-0.2, 0) is 14.4 Å². The molecule has 1 aromatic carbocycles. The lowest BCUT2D eigenvalue weighted by Gasteiger charge is -2.33. The molecule has 1 aliphatic rings. The number of aromatic nitrogens is 3. The molecule has 4 rings (SSSR count). The van der Waals surface area contributed by atoms with E-state index >= 15 is 0 Å². The second-order valence-electron chi connectivity index (χ2n) is 13.8. The highest BCUT2D eigenvalue weighted by Crippen LogP contribution is 2.34. The number of hydroxylamine groups is 1. The van der Waals surface area contributed by atoms with Crippen LogP contribution in [0, 0.1) is 6.92 Å². The van der Waals surface area contributed by atoms with Gasteiger partial charge in [-0.1, -0.05) is 0 Å². The summed E-state index contributed by atoms with van der Waals surface area (Å²) in [5, 5.41) is 13.4. The van der Waals surface area contributed by atoms with E-state index in [1.165, 1.54) is 0 Å². The molecule has 1 aliphatic carbocycles. The van der Waals surface area contributed by atoms with E-state index in [1.54, 1.807) is 72.7 Å². The zero-order valence-corrected chi connectivity index (χ0v) is 28.9. The lowest BCUT2D eigenvalue weighted by atomic mass is 9.91. The molecule has 0 bridgehead atoms. The van der Waals surface area contributed by atoms with Crippen molar-refractivity contribution in [2.45, 2.75) is 111 Å². The van der Waals surface area contributed by atoms with Gasteiger partial charge in [-0.2, -0.15) is 27.8 Å². The van der Waals surface area contributed by atoms with Crippen molar-refractivity contribution in [1.29, 1.82) is 0 Å². The van der Waals surface area contributed by atoms with Crippen LogP contribution in [-0.4, -0.2) is 68.6 Å². The largest absolute Gasteiger partial charge is 0.494 e. The van der Waals surface area contributed by atoms with Gasteiger partial charge in [0.05, 0.1) is 18.4 Å². The summed E-state index contributed by atoms with van der Waals surface area (Å²) in [7, 11) is 0. The number of nitrogens with one attached hydrogen (secondary N) is 3. The summed E-state index contributed by atoms with van der Waals surface area (Å²) in [6.45, 7) is 14.5. The van der Waals surface area contributed by atoms with Crippen LogP contribution in [0.2, 0.25) is 0 Å². The number of hydrogen-bond acceptors (Lipinski definition) is 9. The third-order valence-electron chi connectivity index (χ3n) is 7.30. The number of ether oxygens (including phenoxy) is 2. The molecule has 1 fully saturated rings. The van der Waals surface area contributed by atoms with Crippen LogP contribution in [0.3, 0.4) is 0 Å². The molecule has 49 heavy (non-hydrogen) atoms. The Morgan fingerprint density at radius 1 is 0.959 bits per heavy atom. The van der Waals surface area contributed by atoms with E-state index in [-0.39, 0.29) is 40.6 Å². The molecule has 0 aliphatic heterocycles. The van der Waals surface area contributed by atoms with Gasteiger partial charge in [-0.3, -0.25) is 14.4 Å². The van der Waals surface area contributed by atoms with Gasteiger partial charge < -0.3 is 25.4 Å². The molecule has 16 heteroatoms. The summed E-state index contributed by atoms with van der Waals surface area (Å²) in [5.74, 6) is -1.93. The Labute approximate surface area is 282 Å². The van der Waals surface area contributed by atoms with Gasteiger partial charge in [0.2, 0.25) is 0 Å². The molecule has 0 saturated heterocycles. The quantitative estimate of drug-likeness (QED) is 0.212. The molecule has 2 aromatic heterocycles. The second-order valence-corrected chi connectivity index (χ2v) is 13.8. The fourth-order valence-electron chi connectivity index (χ4n) is 5.20. The lowest BCUT2D eigenvalue weighted by Crippen LogP contribution is -2.42. The molecule has 0 atom stereocenters. The summed E-state index contributed by atoms with van der Waals surface area (Å²) in [6.07, 6.45) is -2.15. The Bertz CT molecular complexity index is 1650. The number of carbonyl (C=O) groups is 3. The number of alkyl halides is 3. The topological polar surface area (TPSA) is 148 Å². The van der Waals surface area contributed by atoms with Crippen molar-refractivity contribution < 1.29 is 41.9 Å². The summed E-state index contributed by atoms with van der Waals surface area (Å²) >= 11 is 0. The fraction of sp³-hybridized carbons (Fsp3) is 0.545. The van der Waals surface area contributed by atoms with Crippen LogP contribution in [0.5, 0.6) is 5.75 Å². The molecule has 3 amide bonds. The maximum absolute atomic E-state index is 14.1. The van der Waals surface area contributed by atoms with Crippen LogP contribution < -0.4 is 25.8 Å². The maximum atomic E-state index is 14.1. The predicted molar refractivity (Wildman–Crippen MR) is 177 cm³/mol. The van der Waals surface area contributed by atoms with Gasteiger partial charge in [0, 0.05) is 23.2 Å². The first-order chi connectivity index (χ1) is 22.8. The van der Waals surface area contributed by atoms with Crippen LogP contribution in [0.1, 0.15) is 90.1 Å². The van der Waals surface area contributed by atoms with E-state index in [2.05, 4.69) is 20.7 Å². The lowest BCUT2D eigenvalue weighted by molar-refractivity contribution is -0.167. The summed E-state index contributed by atoms with van der Waals surface area (Å²) in [4.78, 5) is 49.2. The third-order valence-corrected chi connectivity index (χ3v) is 7.30. The van der Waals surface area contributed by atoms with E-state index in [4.69, 9.17) is 14.3 Å². The van der Waals surface area contributed by atoms with Gasteiger partial charge in [0.1, 0.15) is 22.9 Å². The number of fused-ring (bicyclic) bond motifs is 1. The van der Waals surface area contributed by atoms with Gasteiger partial charge in [-0.25, -0.2) is 9.78 Å². The average Bonchev–Trinajstić information content (AvgIpc) is 3.37. The standard InChI is InChI=1S/C33H44F3N7O6/c1-9-47-23-16-10-20(11-17-23)28(44)43(49-32(6,7)8)27-19(2)25(41-26-24(18-37-42(26)27)40-29(45)33(34,35)36)38-21-12-14-22(15-13-21)39-30(46)48-31(3,4)5/h10-11,16-18,21-22H,9,12-15H2,1-8H3,(H,38,41)(H,39,46)(H,40,45). The Kier molecular flexibility index (Phi) is 11.0. The molecule has 0 spiro atoms. The van der Waals surface area contributed by atoms with E-state index in [0.29, 0.717) is 43.6 Å². The van der Waals surface area contributed by atoms with Gasteiger partial charge in [0.15, 0.2) is 11.5 Å². The van der Waals surface area contributed by atoms with Crippen LogP contribution in [0.25, 0.3) is 5.65 Å². The molecule has 0 radical (unpaired) electrons. The minimum atomic E-state index is -5.17. The first-order valence-corrected chi connectivity index (χ1v) is 16.0. The molecule has 13 nitrogen and oxygen atoms in total.